The van der Waals surface area contributed by atoms with Crippen molar-refractivity contribution in [1.29, 1.82) is 5.41 Å². The lowest BCUT2D eigenvalue weighted by atomic mass is 9.87. The summed E-state index contributed by atoms with van der Waals surface area (Å²) in [7, 11) is 0. The Morgan fingerprint density at radius 2 is 1.86 bits per heavy atom. The van der Waals surface area contributed by atoms with Crippen LogP contribution in [0.5, 0.6) is 5.75 Å². The van der Waals surface area contributed by atoms with E-state index in [1.54, 1.807) is 12.3 Å². The van der Waals surface area contributed by atoms with Gasteiger partial charge in [-0.2, -0.15) is 0 Å². The van der Waals surface area contributed by atoms with Crippen LogP contribution in [0, 0.1) is 5.41 Å². The first-order valence-corrected chi connectivity index (χ1v) is 6.89. The van der Waals surface area contributed by atoms with Gasteiger partial charge in [0.1, 0.15) is 23.9 Å². The van der Waals surface area contributed by atoms with Crippen LogP contribution in [-0.4, -0.2) is 10.8 Å². The highest BCUT2D eigenvalue weighted by atomic mass is 16.5. The topological polar surface area (TPSA) is 72.0 Å². The van der Waals surface area contributed by atoms with Crippen molar-refractivity contribution in [3.8, 4) is 5.75 Å². The highest BCUT2D eigenvalue weighted by Gasteiger charge is 2.12. The van der Waals surface area contributed by atoms with Gasteiger partial charge in [-0.1, -0.05) is 32.9 Å². The van der Waals surface area contributed by atoms with Crippen molar-refractivity contribution in [2.24, 2.45) is 5.73 Å². The molecule has 0 aliphatic heterocycles. The molecule has 0 radical (unpaired) electrons. The Bertz CT molecular complexity index is 627. The molecule has 3 N–H and O–H groups in total. The Morgan fingerprint density at radius 3 is 2.43 bits per heavy atom. The van der Waals surface area contributed by atoms with Gasteiger partial charge in [0, 0.05) is 6.20 Å². The lowest BCUT2D eigenvalue weighted by Crippen LogP contribution is -2.13. The molecule has 0 atom stereocenters. The van der Waals surface area contributed by atoms with E-state index in [0.717, 1.165) is 11.3 Å². The van der Waals surface area contributed by atoms with Gasteiger partial charge in [-0.25, -0.2) is 0 Å². The fraction of sp³-hybridized carbons (Fsp3) is 0.294. The smallest absolute Gasteiger partial charge is 0.141 e. The average molecular weight is 283 g/mol. The number of benzene rings is 1. The summed E-state index contributed by atoms with van der Waals surface area (Å²) < 4.78 is 5.76. The molecule has 0 unspecified atom stereocenters. The molecule has 0 saturated carbocycles. The minimum absolute atomic E-state index is 0.0358. The summed E-state index contributed by atoms with van der Waals surface area (Å²) in [6.07, 6.45) is 1.64. The summed E-state index contributed by atoms with van der Waals surface area (Å²) in [6, 6.07) is 11.8. The van der Waals surface area contributed by atoms with Gasteiger partial charge in [0.2, 0.25) is 0 Å². The van der Waals surface area contributed by atoms with Gasteiger partial charge in [-0.05, 0) is 40.8 Å². The van der Waals surface area contributed by atoms with Crippen LogP contribution in [-0.2, 0) is 12.0 Å². The molecule has 110 valence electrons. The standard InChI is InChI=1S/C17H21N3O/c1-17(2,3)13-4-6-14(7-5-13)21-11-12-8-9-20-15(10-12)16(18)19/h4-10H,11H2,1-3H3,(H3,18,19). The molecule has 1 aromatic carbocycles. The Balaban J connectivity index is 2.03. The van der Waals surface area contributed by atoms with E-state index in [4.69, 9.17) is 15.9 Å². The van der Waals surface area contributed by atoms with E-state index in [9.17, 15) is 0 Å². The highest BCUT2D eigenvalue weighted by molar-refractivity contribution is 5.93. The minimum atomic E-state index is -0.0358. The third-order valence-corrected chi connectivity index (χ3v) is 3.23. The van der Waals surface area contributed by atoms with Crippen LogP contribution >= 0.6 is 0 Å². The Kier molecular flexibility index (Phi) is 4.26. The lowest BCUT2D eigenvalue weighted by molar-refractivity contribution is 0.306. The molecular weight excluding hydrogens is 262 g/mol. The van der Waals surface area contributed by atoms with Crippen molar-refractivity contribution in [3.05, 3.63) is 59.4 Å². The van der Waals surface area contributed by atoms with E-state index in [-0.39, 0.29) is 11.3 Å². The number of aromatic nitrogens is 1. The van der Waals surface area contributed by atoms with Crippen molar-refractivity contribution < 1.29 is 4.74 Å². The van der Waals surface area contributed by atoms with E-state index in [1.807, 2.05) is 18.2 Å². The normalized spacial score (nSPS) is 11.2. The van der Waals surface area contributed by atoms with E-state index < -0.39 is 0 Å². The molecule has 2 aromatic rings. The summed E-state index contributed by atoms with van der Waals surface area (Å²) in [6.45, 7) is 6.98. The molecular formula is C17H21N3O. The van der Waals surface area contributed by atoms with Crippen LogP contribution in [0.25, 0.3) is 0 Å². The Labute approximate surface area is 125 Å². The number of nitrogens with zero attached hydrogens (tertiary/aromatic N) is 1. The maximum absolute atomic E-state index is 7.38. The SMILES string of the molecule is CC(C)(C)c1ccc(OCc2ccnc(C(=N)N)c2)cc1. The van der Waals surface area contributed by atoms with Crippen LogP contribution in [0.15, 0.2) is 42.6 Å². The van der Waals surface area contributed by atoms with Crippen LogP contribution < -0.4 is 10.5 Å². The second-order valence-corrected chi connectivity index (χ2v) is 6.03. The third kappa shape index (κ3) is 4.05. The fourth-order valence-corrected chi connectivity index (χ4v) is 1.93. The molecule has 0 fully saturated rings. The van der Waals surface area contributed by atoms with Gasteiger partial charge in [-0.15, -0.1) is 0 Å². The van der Waals surface area contributed by atoms with Gasteiger partial charge >= 0.3 is 0 Å². The molecule has 4 nitrogen and oxygen atoms in total. The molecule has 0 saturated heterocycles. The number of ether oxygens (including phenoxy) is 1. The zero-order chi connectivity index (χ0) is 15.5. The fourth-order valence-electron chi connectivity index (χ4n) is 1.93. The van der Waals surface area contributed by atoms with E-state index in [0.29, 0.717) is 12.3 Å². The van der Waals surface area contributed by atoms with Crippen molar-refractivity contribution in [2.75, 3.05) is 0 Å². The summed E-state index contributed by atoms with van der Waals surface area (Å²) in [5.74, 6) is 0.788. The molecule has 1 heterocycles. The van der Waals surface area contributed by atoms with Crippen LogP contribution in [0.3, 0.4) is 0 Å². The van der Waals surface area contributed by atoms with E-state index in [1.165, 1.54) is 5.56 Å². The number of hydrogen-bond acceptors (Lipinski definition) is 3. The summed E-state index contributed by atoms with van der Waals surface area (Å²) >= 11 is 0. The maximum Gasteiger partial charge on any atom is 0.141 e. The number of pyridine rings is 1. The molecule has 0 aliphatic carbocycles. The number of hydrogen-bond donors (Lipinski definition) is 2. The molecule has 0 spiro atoms. The second-order valence-electron chi connectivity index (χ2n) is 6.03. The predicted molar refractivity (Wildman–Crippen MR) is 84.7 cm³/mol. The van der Waals surface area contributed by atoms with Crippen molar-refractivity contribution >= 4 is 5.84 Å². The molecule has 2 rings (SSSR count). The molecule has 1 aromatic heterocycles. The number of rotatable bonds is 4. The van der Waals surface area contributed by atoms with Crippen molar-refractivity contribution in [1.82, 2.24) is 4.98 Å². The number of amidine groups is 1. The number of nitrogen functional groups attached to an aromatic ring is 1. The van der Waals surface area contributed by atoms with Crippen LogP contribution in [0.2, 0.25) is 0 Å². The first kappa shape index (κ1) is 15.0. The van der Waals surface area contributed by atoms with Crippen molar-refractivity contribution in [2.45, 2.75) is 32.8 Å². The second kappa shape index (κ2) is 5.95. The van der Waals surface area contributed by atoms with E-state index in [2.05, 4.69) is 37.9 Å². The Hall–Kier alpha value is -2.36. The highest BCUT2D eigenvalue weighted by Crippen LogP contribution is 2.24. The van der Waals surface area contributed by atoms with Gasteiger partial charge in [0.05, 0.1) is 0 Å². The van der Waals surface area contributed by atoms with Gasteiger partial charge in [-0.3, -0.25) is 10.4 Å². The monoisotopic (exact) mass is 283 g/mol. The minimum Gasteiger partial charge on any atom is -0.489 e. The third-order valence-electron chi connectivity index (χ3n) is 3.23. The quantitative estimate of drug-likeness (QED) is 0.668. The zero-order valence-electron chi connectivity index (χ0n) is 12.7. The van der Waals surface area contributed by atoms with E-state index >= 15 is 0 Å². The maximum atomic E-state index is 7.38. The largest absolute Gasteiger partial charge is 0.489 e. The number of nitrogens with two attached hydrogens (primary N) is 1. The average Bonchev–Trinajstić information content (AvgIpc) is 2.45. The first-order chi connectivity index (χ1) is 9.86. The van der Waals surface area contributed by atoms with Crippen molar-refractivity contribution in [3.63, 3.8) is 0 Å². The molecule has 4 heteroatoms. The summed E-state index contributed by atoms with van der Waals surface area (Å²) in [5, 5.41) is 7.38. The van der Waals surface area contributed by atoms with Gasteiger partial charge in [0.25, 0.3) is 0 Å². The number of nitrogens with one attached hydrogen (secondary N) is 1. The predicted octanol–water partition coefficient (Wildman–Crippen LogP) is 3.24. The first-order valence-electron chi connectivity index (χ1n) is 6.89. The Morgan fingerprint density at radius 1 is 1.19 bits per heavy atom. The summed E-state index contributed by atoms with van der Waals surface area (Å²) in [5.41, 5.74) is 8.25. The van der Waals surface area contributed by atoms with Gasteiger partial charge in [0.15, 0.2) is 0 Å². The zero-order valence-corrected chi connectivity index (χ0v) is 12.7. The van der Waals surface area contributed by atoms with Crippen LogP contribution in [0.1, 0.15) is 37.6 Å². The molecule has 0 aliphatic rings. The lowest BCUT2D eigenvalue weighted by Gasteiger charge is -2.19. The molecule has 21 heavy (non-hydrogen) atoms. The molecule has 0 bridgehead atoms. The van der Waals surface area contributed by atoms with Crippen LogP contribution in [0.4, 0.5) is 0 Å². The van der Waals surface area contributed by atoms with Gasteiger partial charge < -0.3 is 10.5 Å². The molecule has 0 amide bonds. The summed E-state index contributed by atoms with van der Waals surface area (Å²) in [4.78, 5) is 4.03.